The van der Waals surface area contributed by atoms with Gasteiger partial charge in [0.05, 0.1) is 13.2 Å². The van der Waals surface area contributed by atoms with Crippen LogP contribution in [0, 0.1) is 0 Å². The maximum absolute atomic E-state index is 5.91. The molecule has 0 amide bonds. The normalized spacial score (nSPS) is 11.0. The van der Waals surface area contributed by atoms with Gasteiger partial charge in [0.15, 0.2) is 5.96 Å². The molecule has 0 bridgehead atoms. The molecule has 2 aromatic rings. The number of guanidine groups is 1. The highest BCUT2D eigenvalue weighted by Crippen LogP contribution is 2.15. The highest BCUT2D eigenvalue weighted by atomic mass is 127. The van der Waals surface area contributed by atoms with Crippen LogP contribution in [-0.4, -0.2) is 24.1 Å². The number of unbranched alkanes of at least 4 members (excludes halogenated alkanes) is 1. The molecule has 2 aromatic heterocycles. The topological polar surface area (TPSA) is 72.5 Å². The second-order valence-corrected chi connectivity index (χ2v) is 6.16. The molecule has 0 aliphatic rings. The predicted molar refractivity (Wildman–Crippen MR) is 111 cm³/mol. The Morgan fingerprint density at radius 2 is 2.25 bits per heavy atom. The summed E-state index contributed by atoms with van der Waals surface area (Å²) in [5, 5.41) is 5.21. The molecule has 0 aromatic carbocycles. The van der Waals surface area contributed by atoms with Crippen LogP contribution >= 0.6 is 35.3 Å². The van der Waals surface area contributed by atoms with Gasteiger partial charge in [0.25, 0.3) is 0 Å². The van der Waals surface area contributed by atoms with E-state index in [0.29, 0.717) is 25.0 Å². The van der Waals surface area contributed by atoms with E-state index in [1.807, 2.05) is 12.1 Å². The van der Waals surface area contributed by atoms with Gasteiger partial charge in [-0.05, 0) is 30.4 Å². The average Bonchev–Trinajstić information content (AvgIpc) is 3.07. The lowest BCUT2D eigenvalue weighted by Crippen LogP contribution is -2.33. The van der Waals surface area contributed by atoms with E-state index < -0.39 is 0 Å². The summed E-state index contributed by atoms with van der Waals surface area (Å²) >= 11 is 1.75. The molecular weight excluding hydrogens is 435 g/mol. The summed E-state index contributed by atoms with van der Waals surface area (Å²) in [7, 11) is 0. The summed E-state index contributed by atoms with van der Waals surface area (Å²) in [5.74, 6) is 1.10. The molecule has 7 heteroatoms. The van der Waals surface area contributed by atoms with E-state index in [2.05, 4.69) is 39.7 Å². The van der Waals surface area contributed by atoms with Crippen LogP contribution in [0.1, 0.15) is 30.2 Å². The van der Waals surface area contributed by atoms with Gasteiger partial charge < -0.3 is 15.8 Å². The Morgan fingerprint density at radius 1 is 1.38 bits per heavy atom. The van der Waals surface area contributed by atoms with Crippen molar-refractivity contribution in [3.8, 4) is 5.88 Å². The molecule has 0 saturated carbocycles. The van der Waals surface area contributed by atoms with E-state index >= 15 is 0 Å². The van der Waals surface area contributed by atoms with E-state index in [9.17, 15) is 0 Å². The second kappa shape index (κ2) is 12.1. The Balaban J connectivity index is 0.00000288. The fraction of sp³-hybridized carbons (Fsp3) is 0.412. The standard InChI is InChI=1S/C17H24N4OS.HI/c1-2-3-11-22-16-14(6-4-9-19-16)13-21-17(18)20-10-8-15-7-5-12-23-15;/h4-7,9,12H,2-3,8,10-11,13H2,1H3,(H3,18,20,21);1H. The largest absolute Gasteiger partial charge is 0.477 e. The first-order valence-corrected chi connectivity index (χ1v) is 8.80. The fourth-order valence-electron chi connectivity index (χ4n) is 1.98. The molecule has 0 unspecified atom stereocenters. The lowest BCUT2D eigenvalue weighted by Gasteiger charge is -2.09. The van der Waals surface area contributed by atoms with Crippen LogP contribution < -0.4 is 15.8 Å². The number of nitrogens with two attached hydrogens (primary N) is 1. The zero-order valence-electron chi connectivity index (χ0n) is 13.9. The van der Waals surface area contributed by atoms with Gasteiger partial charge in [-0.25, -0.2) is 9.98 Å². The summed E-state index contributed by atoms with van der Waals surface area (Å²) in [4.78, 5) is 9.98. The summed E-state index contributed by atoms with van der Waals surface area (Å²) in [6, 6.07) is 8.03. The van der Waals surface area contributed by atoms with Crippen molar-refractivity contribution in [2.75, 3.05) is 13.2 Å². The van der Waals surface area contributed by atoms with Crippen molar-refractivity contribution in [1.82, 2.24) is 10.3 Å². The van der Waals surface area contributed by atoms with Gasteiger partial charge in [-0.1, -0.05) is 25.5 Å². The molecule has 5 nitrogen and oxygen atoms in total. The number of pyridine rings is 1. The average molecular weight is 460 g/mol. The van der Waals surface area contributed by atoms with Gasteiger partial charge in [-0.2, -0.15) is 0 Å². The van der Waals surface area contributed by atoms with Crippen LogP contribution in [0.25, 0.3) is 0 Å². The quantitative estimate of drug-likeness (QED) is 0.260. The van der Waals surface area contributed by atoms with Crippen LogP contribution in [-0.2, 0) is 13.0 Å². The predicted octanol–water partition coefficient (Wildman–Crippen LogP) is 3.59. The van der Waals surface area contributed by atoms with Crippen LogP contribution in [0.2, 0.25) is 0 Å². The van der Waals surface area contributed by atoms with E-state index in [1.165, 1.54) is 4.88 Å². The molecule has 0 aliphatic heterocycles. The summed E-state index contributed by atoms with van der Waals surface area (Å²) in [5.41, 5.74) is 6.86. The Morgan fingerprint density at radius 3 is 3.00 bits per heavy atom. The van der Waals surface area contributed by atoms with Crippen molar-refractivity contribution in [3.63, 3.8) is 0 Å². The minimum absolute atomic E-state index is 0. The number of nitrogens with zero attached hydrogens (tertiary/aromatic N) is 2. The SMILES string of the molecule is CCCCOc1ncccc1CN=C(N)NCCc1cccs1.I. The number of hydrogen-bond acceptors (Lipinski definition) is 4. The zero-order chi connectivity index (χ0) is 16.3. The molecule has 132 valence electrons. The van der Waals surface area contributed by atoms with Crippen molar-refractivity contribution < 1.29 is 4.74 Å². The smallest absolute Gasteiger partial charge is 0.218 e. The number of hydrogen-bond donors (Lipinski definition) is 2. The van der Waals surface area contributed by atoms with E-state index in [4.69, 9.17) is 10.5 Å². The van der Waals surface area contributed by atoms with Gasteiger partial charge in [0, 0.05) is 23.2 Å². The molecule has 0 atom stereocenters. The van der Waals surface area contributed by atoms with Gasteiger partial charge >= 0.3 is 0 Å². The number of thiophene rings is 1. The highest BCUT2D eigenvalue weighted by molar-refractivity contribution is 14.0. The first kappa shape index (κ1) is 20.7. The number of ether oxygens (including phenoxy) is 1. The number of aromatic nitrogens is 1. The third-order valence-electron chi connectivity index (χ3n) is 3.26. The van der Waals surface area contributed by atoms with Crippen molar-refractivity contribution in [2.24, 2.45) is 10.7 Å². The van der Waals surface area contributed by atoms with Gasteiger partial charge in [0.2, 0.25) is 5.88 Å². The van der Waals surface area contributed by atoms with Crippen LogP contribution in [0.3, 0.4) is 0 Å². The first-order chi connectivity index (χ1) is 11.3. The molecule has 0 fully saturated rings. The fourth-order valence-corrected chi connectivity index (χ4v) is 2.69. The Hall–Kier alpha value is -1.35. The molecule has 0 aliphatic carbocycles. The number of aliphatic imine (C=N–C) groups is 1. The van der Waals surface area contributed by atoms with Crippen molar-refractivity contribution >= 4 is 41.3 Å². The summed E-state index contributed by atoms with van der Waals surface area (Å²) < 4.78 is 5.70. The molecule has 0 saturated heterocycles. The van der Waals surface area contributed by atoms with Crippen LogP contribution in [0.4, 0.5) is 0 Å². The third-order valence-corrected chi connectivity index (χ3v) is 4.20. The summed E-state index contributed by atoms with van der Waals surface area (Å²) in [6.45, 7) is 4.06. The third kappa shape index (κ3) is 7.48. The molecule has 0 radical (unpaired) electrons. The number of rotatable bonds is 9. The molecular formula is C17H25IN4OS. The zero-order valence-corrected chi connectivity index (χ0v) is 17.1. The molecule has 2 heterocycles. The minimum atomic E-state index is 0. The van der Waals surface area contributed by atoms with Crippen molar-refractivity contribution in [3.05, 3.63) is 46.3 Å². The lowest BCUT2D eigenvalue weighted by molar-refractivity contribution is 0.294. The van der Waals surface area contributed by atoms with Gasteiger partial charge in [-0.15, -0.1) is 35.3 Å². The lowest BCUT2D eigenvalue weighted by atomic mass is 10.3. The maximum Gasteiger partial charge on any atom is 0.218 e. The minimum Gasteiger partial charge on any atom is -0.477 e. The maximum atomic E-state index is 5.91. The van der Waals surface area contributed by atoms with Gasteiger partial charge in [0.1, 0.15) is 0 Å². The molecule has 0 spiro atoms. The Kier molecular flexibility index (Phi) is 10.4. The molecule has 3 N–H and O–H groups in total. The second-order valence-electron chi connectivity index (χ2n) is 5.13. The van der Waals surface area contributed by atoms with E-state index in [0.717, 1.165) is 31.4 Å². The summed E-state index contributed by atoms with van der Waals surface area (Å²) in [6.07, 6.45) is 4.80. The van der Waals surface area contributed by atoms with E-state index in [-0.39, 0.29) is 24.0 Å². The van der Waals surface area contributed by atoms with Crippen LogP contribution in [0.15, 0.2) is 40.8 Å². The van der Waals surface area contributed by atoms with Crippen LogP contribution in [0.5, 0.6) is 5.88 Å². The first-order valence-electron chi connectivity index (χ1n) is 7.92. The van der Waals surface area contributed by atoms with Crippen molar-refractivity contribution in [2.45, 2.75) is 32.7 Å². The van der Waals surface area contributed by atoms with Crippen molar-refractivity contribution in [1.29, 1.82) is 0 Å². The number of halogens is 1. The number of nitrogens with one attached hydrogen (secondary N) is 1. The Bertz CT molecular complexity index is 604. The monoisotopic (exact) mass is 460 g/mol. The van der Waals surface area contributed by atoms with E-state index in [1.54, 1.807) is 17.5 Å². The highest BCUT2D eigenvalue weighted by Gasteiger charge is 2.04. The molecule has 2 rings (SSSR count). The Labute approximate surface area is 164 Å². The van der Waals surface area contributed by atoms with Gasteiger partial charge in [-0.3, -0.25) is 0 Å². The molecule has 24 heavy (non-hydrogen) atoms.